The maximum atomic E-state index is 13.3. The molecular weight excluding hydrogens is 654 g/mol. The number of hydrogen-bond acceptors (Lipinski definition) is 6. The third-order valence-electron chi connectivity index (χ3n) is 10.1. The first-order valence-corrected chi connectivity index (χ1v) is 18.9. The van der Waals surface area contributed by atoms with Crippen LogP contribution in [0.2, 0.25) is 0 Å². The fourth-order valence-corrected chi connectivity index (χ4v) is 7.46. The highest BCUT2D eigenvalue weighted by Gasteiger charge is 2.37. The molecule has 3 unspecified atom stereocenters. The molecule has 0 radical (unpaired) electrons. The zero-order valence-electron chi connectivity index (χ0n) is 31.5. The van der Waals surface area contributed by atoms with Crippen LogP contribution in [0.4, 0.5) is 10.5 Å². The monoisotopic (exact) mass is 709 g/mol. The summed E-state index contributed by atoms with van der Waals surface area (Å²) >= 11 is 0. The van der Waals surface area contributed by atoms with Crippen molar-refractivity contribution in [2.75, 3.05) is 38.7 Å². The number of aryl methyl sites for hydroxylation is 3. The molecule has 52 heavy (non-hydrogen) atoms. The van der Waals surface area contributed by atoms with E-state index < -0.39 is 5.60 Å². The Labute approximate surface area is 308 Å². The molecule has 1 fully saturated rings. The highest BCUT2D eigenvalue weighted by Crippen LogP contribution is 2.38. The predicted molar refractivity (Wildman–Crippen MR) is 205 cm³/mol. The second kappa shape index (κ2) is 17.0. The Bertz CT molecular complexity index is 1810. The number of likely N-dealkylation sites (tertiary alicyclic amines) is 1. The van der Waals surface area contributed by atoms with Gasteiger partial charge in [0.05, 0.1) is 25.4 Å². The number of aromatic nitrogens is 1. The summed E-state index contributed by atoms with van der Waals surface area (Å²) < 4.78 is 26.8. The largest absolute Gasteiger partial charge is 0.494 e. The zero-order chi connectivity index (χ0) is 36.7. The van der Waals surface area contributed by atoms with E-state index in [4.69, 9.17) is 18.9 Å². The van der Waals surface area contributed by atoms with Crippen molar-refractivity contribution in [3.8, 4) is 5.75 Å². The number of unbranched alkanes of at least 4 members (excludes halogenated alkanes) is 1. The van der Waals surface area contributed by atoms with Gasteiger partial charge in [-0.2, -0.15) is 0 Å². The lowest BCUT2D eigenvalue weighted by Gasteiger charge is -2.40. The Hall–Kier alpha value is -4.34. The van der Waals surface area contributed by atoms with E-state index in [0.717, 1.165) is 73.2 Å². The number of nitrogens with zero attached hydrogens (tertiary/aromatic N) is 2. The van der Waals surface area contributed by atoms with E-state index in [9.17, 15) is 9.59 Å². The molecule has 3 atom stereocenters. The smallest absolute Gasteiger partial charge is 0.410 e. The summed E-state index contributed by atoms with van der Waals surface area (Å²) in [4.78, 5) is 27.3. The minimum Gasteiger partial charge on any atom is -0.494 e. The standard InChI is InChI=1S/C43H55N3O6/c1-30-28-45(38-12-7-6-11-35(30)38)23-8-9-26-50-34-19-16-31(17-20-34)36-22-24-46(42(48)52-43(2,3)4)29-40(36)51-39(13-10-25-49-5)33-15-14-32-18-21-41(47)44-37(32)27-33/h6-7,11-12,14-17,19-20,27-28,36,39-40H,8-10,13,18,21-26,29H2,1-5H3,(H,44,47). The zero-order valence-corrected chi connectivity index (χ0v) is 31.5. The van der Waals surface area contributed by atoms with Gasteiger partial charge in [-0.05, 0) is 113 Å². The molecule has 0 bridgehead atoms. The average molecular weight is 710 g/mol. The first kappa shape index (κ1) is 37.4. The summed E-state index contributed by atoms with van der Waals surface area (Å²) in [5.74, 6) is 0.952. The maximum absolute atomic E-state index is 13.3. The van der Waals surface area contributed by atoms with Gasteiger partial charge in [0, 0.05) is 61.9 Å². The number of ether oxygens (including phenoxy) is 4. The average Bonchev–Trinajstić information content (AvgIpc) is 3.45. The lowest BCUT2D eigenvalue weighted by atomic mass is 9.86. The van der Waals surface area contributed by atoms with Gasteiger partial charge in [-0.1, -0.05) is 42.5 Å². The predicted octanol–water partition coefficient (Wildman–Crippen LogP) is 8.97. The molecule has 1 N–H and O–H groups in total. The van der Waals surface area contributed by atoms with Crippen LogP contribution in [0, 0.1) is 6.92 Å². The molecule has 2 aliphatic heterocycles. The van der Waals surface area contributed by atoms with Crippen LogP contribution >= 0.6 is 0 Å². The number of fused-ring (bicyclic) bond motifs is 2. The lowest BCUT2D eigenvalue weighted by Crippen LogP contribution is -2.48. The molecule has 1 aromatic heterocycles. The minimum atomic E-state index is -0.591. The number of carbonyl (C=O) groups is 2. The van der Waals surface area contributed by atoms with E-state index in [1.807, 2.05) is 20.8 Å². The van der Waals surface area contributed by atoms with Crippen molar-refractivity contribution in [1.82, 2.24) is 9.47 Å². The second-order valence-corrected chi connectivity index (χ2v) is 15.2. The number of nitrogens with one attached hydrogen (secondary N) is 1. The Kier molecular flexibility index (Phi) is 12.2. The van der Waals surface area contributed by atoms with Gasteiger partial charge in [0.15, 0.2) is 0 Å². The van der Waals surface area contributed by atoms with Gasteiger partial charge in [0.2, 0.25) is 5.91 Å². The highest BCUT2D eigenvalue weighted by molar-refractivity contribution is 5.94. The van der Waals surface area contributed by atoms with Gasteiger partial charge in [0.25, 0.3) is 0 Å². The molecule has 278 valence electrons. The van der Waals surface area contributed by atoms with Crippen LogP contribution in [0.25, 0.3) is 10.9 Å². The molecule has 2 aliphatic rings. The van der Waals surface area contributed by atoms with Crippen molar-refractivity contribution in [3.63, 3.8) is 0 Å². The Morgan fingerprint density at radius 3 is 2.58 bits per heavy atom. The van der Waals surface area contributed by atoms with Crippen LogP contribution in [-0.4, -0.2) is 66.6 Å². The quantitative estimate of drug-likeness (QED) is 0.132. The molecule has 9 heteroatoms. The number of hydrogen-bond donors (Lipinski definition) is 1. The Balaban J connectivity index is 1.13. The van der Waals surface area contributed by atoms with Crippen molar-refractivity contribution in [3.05, 3.63) is 95.2 Å². The van der Waals surface area contributed by atoms with E-state index >= 15 is 0 Å². The molecule has 0 saturated carbocycles. The van der Waals surface area contributed by atoms with Crippen molar-refractivity contribution < 1.29 is 28.5 Å². The molecule has 0 aliphatic carbocycles. The molecule has 3 aromatic carbocycles. The minimum absolute atomic E-state index is 0.0370. The number of amides is 2. The van der Waals surface area contributed by atoms with Crippen molar-refractivity contribution >= 4 is 28.6 Å². The van der Waals surface area contributed by atoms with Gasteiger partial charge in [-0.3, -0.25) is 4.79 Å². The third-order valence-corrected chi connectivity index (χ3v) is 10.1. The van der Waals surface area contributed by atoms with Crippen LogP contribution < -0.4 is 10.1 Å². The molecule has 4 aromatic rings. The van der Waals surface area contributed by atoms with E-state index in [2.05, 4.69) is 89.7 Å². The summed E-state index contributed by atoms with van der Waals surface area (Å²) in [7, 11) is 1.71. The molecule has 1 saturated heterocycles. The van der Waals surface area contributed by atoms with Gasteiger partial charge in [-0.15, -0.1) is 0 Å². The maximum Gasteiger partial charge on any atom is 0.410 e. The van der Waals surface area contributed by atoms with E-state index in [0.29, 0.717) is 32.7 Å². The second-order valence-electron chi connectivity index (χ2n) is 15.2. The Morgan fingerprint density at radius 1 is 0.981 bits per heavy atom. The third kappa shape index (κ3) is 9.55. The summed E-state index contributed by atoms with van der Waals surface area (Å²) in [6.07, 6.45) is 6.91. The fraction of sp³-hybridized carbons (Fsp3) is 0.488. The van der Waals surface area contributed by atoms with Crippen molar-refractivity contribution in [2.24, 2.45) is 0 Å². The normalized spacial score (nSPS) is 18.2. The summed E-state index contributed by atoms with van der Waals surface area (Å²) in [5.41, 5.74) is 6.16. The summed E-state index contributed by atoms with van der Waals surface area (Å²) in [6.45, 7) is 11.1. The van der Waals surface area contributed by atoms with Crippen LogP contribution in [-0.2, 0) is 32.0 Å². The Morgan fingerprint density at radius 2 is 1.79 bits per heavy atom. The van der Waals surface area contributed by atoms with Gasteiger partial charge in [0.1, 0.15) is 11.4 Å². The molecular formula is C43H55N3O6. The number of benzene rings is 3. The number of methoxy groups -OCH3 is 1. The summed E-state index contributed by atoms with van der Waals surface area (Å²) in [5, 5.41) is 4.36. The molecule has 2 amide bonds. The van der Waals surface area contributed by atoms with Gasteiger partial charge < -0.3 is 33.7 Å². The van der Waals surface area contributed by atoms with Crippen molar-refractivity contribution in [2.45, 2.75) is 103 Å². The van der Waals surface area contributed by atoms with Gasteiger partial charge >= 0.3 is 6.09 Å². The molecule has 3 heterocycles. The molecule has 0 spiro atoms. The number of rotatable bonds is 14. The lowest BCUT2D eigenvalue weighted by molar-refractivity contribution is -0.116. The SMILES string of the molecule is COCCCC(OC1CN(C(=O)OC(C)(C)C)CCC1c1ccc(OCCCCn2cc(C)c3ccccc32)cc1)c1ccc2c(c1)NC(=O)CC2. The van der Waals surface area contributed by atoms with E-state index in [-0.39, 0.29) is 30.1 Å². The first-order valence-electron chi connectivity index (χ1n) is 18.9. The van der Waals surface area contributed by atoms with E-state index in [1.165, 1.54) is 16.5 Å². The highest BCUT2D eigenvalue weighted by atomic mass is 16.6. The molecule has 9 nitrogen and oxygen atoms in total. The topological polar surface area (TPSA) is 91.3 Å². The van der Waals surface area contributed by atoms with Crippen molar-refractivity contribution in [1.29, 1.82) is 0 Å². The fourth-order valence-electron chi connectivity index (χ4n) is 7.46. The van der Waals surface area contributed by atoms with Crippen LogP contribution in [0.1, 0.15) is 93.6 Å². The number of carbonyl (C=O) groups excluding carboxylic acids is 2. The summed E-state index contributed by atoms with van der Waals surface area (Å²) in [6, 6.07) is 23.2. The van der Waals surface area contributed by atoms with Crippen LogP contribution in [0.3, 0.4) is 0 Å². The first-order chi connectivity index (χ1) is 25.1. The van der Waals surface area contributed by atoms with Gasteiger partial charge in [-0.25, -0.2) is 4.79 Å². The number of para-hydroxylation sites is 1. The number of piperidine rings is 1. The van der Waals surface area contributed by atoms with Crippen LogP contribution in [0.5, 0.6) is 5.75 Å². The van der Waals surface area contributed by atoms with E-state index in [1.54, 1.807) is 12.0 Å². The van der Waals surface area contributed by atoms with Crippen LogP contribution in [0.15, 0.2) is 72.9 Å². The molecule has 6 rings (SSSR count). The number of anilines is 1.